The van der Waals surface area contributed by atoms with E-state index < -0.39 is 15.8 Å². The SMILES string of the molecule is CCC1(c2cccc(CS(=O)(=O)C3CC3)c2)[C@@H]2CN(CCCC3(OC)CCC(F)(F)CC3)C[C@@H]21. The fourth-order valence-electron chi connectivity index (χ4n) is 7.14. The minimum atomic E-state index is -3.01. The largest absolute Gasteiger partial charge is 0.378 e. The fourth-order valence-corrected chi connectivity index (χ4v) is 8.87. The highest BCUT2D eigenvalue weighted by Crippen LogP contribution is 2.65. The van der Waals surface area contributed by atoms with Gasteiger partial charge in [0.05, 0.1) is 16.6 Å². The van der Waals surface area contributed by atoms with Gasteiger partial charge < -0.3 is 9.64 Å². The van der Waals surface area contributed by atoms with Crippen LogP contribution >= 0.6 is 0 Å². The van der Waals surface area contributed by atoms with Crippen LogP contribution in [0.2, 0.25) is 0 Å². The molecule has 5 rings (SSSR count). The average molecular weight is 496 g/mol. The maximum absolute atomic E-state index is 13.6. The molecule has 4 aliphatic rings. The summed E-state index contributed by atoms with van der Waals surface area (Å²) in [5.74, 6) is -1.11. The van der Waals surface area contributed by atoms with Crippen LogP contribution in [-0.2, 0) is 25.7 Å². The molecule has 3 atom stereocenters. The molecule has 3 saturated carbocycles. The fraction of sp³-hybridized carbons (Fsp3) is 0.778. The molecular weight excluding hydrogens is 456 g/mol. The predicted molar refractivity (Wildman–Crippen MR) is 130 cm³/mol. The first kappa shape index (κ1) is 24.6. The molecule has 1 saturated heterocycles. The van der Waals surface area contributed by atoms with Crippen molar-refractivity contribution in [2.24, 2.45) is 11.8 Å². The molecule has 7 heteroatoms. The molecule has 1 aliphatic heterocycles. The molecule has 1 unspecified atom stereocenters. The molecule has 1 heterocycles. The van der Waals surface area contributed by atoms with Crippen LogP contribution in [0.3, 0.4) is 0 Å². The van der Waals surface area contributed by atoms with Crippen molar-refractivity contribution in [1.82, 2.24) is 4.90 Å². The number of alkyl halides is 2. The number of halogens is 2. The van der Waals surface area contributed by atoms with E-state index in [1.807, 2.05) is 12.1 Å². The number of likely N-dealkylation sites (tertiary alicyclic amines) is 1. The van der Waals surface area contributed by atoms with Gasteiger partial charge in [0.25, 0.3) is 0 Å². The molecular formula is C27H39F2NO3S. The Kier molecular flexibility index (Phi) is 6.38. The van der Waals surface area contributed by atoms with E-state index in [0.717, 1.165) is 57.3 Å². The van der Waals surface area contributed by atoms with Gasteiger partial charge in [0.15, 0.2) is 9.84 Å². The van der Waals surface area contributed by atoms with Gasteiger partial charge in [0.2, 0.25) is 5.92 Å². The second-order valence-electron chi connectivity index (χ2n) is 11.4. The van der Waals surface area contributed by atoms with Crippen molar-refractivity contribution >= 4 is 9.84 Å². The van der Waals surface area contributed by atoms with Crippen LogP contribution in [0.15, 0.2) is 24.3 Å². The Labute approximate surface area is 203 Å². The molecule has 0 aromatic heterocycles. The van der Waals surface area contributed by atoms with Gasteiger partial charge in [0, 0.05) is 38.5 Å². The summed E-state index contributed by atoms with van der Waals surface area (Å²) in [5, 5.41) is -0.118. The molecule has 0 spiro atoms. The van der Waals surface area contributed by atoms with Crippen molar-refractivity contribution in [3.63, 3.8) is 0 Å². The maximum Gasteiger partial charge on any atom is 0.248 e. The van der Waals surface area contributed by atoms with Gasteiger partial charge >= 0.3 is 0 Å². The lowest BCUT2D eigenvalue weighted by Gasteiger charge is -2.39. The lowest BCUT2D eigenvalue weighted by molar-refractivity contribution is -0.122. The normalized spacial score (nSPS) is 32.5. The van der Waals surface area contributed by atoms with Gasteiger partial charge in [-0.05, 0) is 74.5 Å². The molecule has 0 bridgehead atoms. The highest BCUT2D eigenvalue weighted by molar-refractivity contribution is 7.91. The smallest absolute Gasteiger partial charge is 0.248 e. The van der Waals surface area contributed by atoms with Gasteiger partial charge in [-0.25, -0.2) is 17.2 Å². The van der Waals surface area contributed by atoms with E-state index in [2.05, 4.69) is 24.0 Å². The number of hydrogen-bond donors (Lipinski definition) is 0. The monoisotopic (exact) mass is 495 g/mol. The second kappa shape index (κ2) is 8.81. The summed E-state index contributed by atoms with van der Waals surface area (Å²) < 4.78 is 57.9. The molecule has 190 valence electrons. The zero-order chi connectivity index (χ0) is 24.2. The van der Waals surface area contributed by atoms with E-state index in [0.29, 0.717) is 24.7 Å². The van der Waals surface area contributed by atoms with Gasteiger partial charge in [-0.2, -0.15) is 0 Å². The van der Waals surface area contributed by atoms with Crippen molar-refractivity contribution in [2.45, 2.75) is 92.7 Å². The summed E-state index contributed by atoms with van der Waals surface area (Å²) in [6, 6.07) is 8.35. The zero-order valence-corrected chi connectivity index (χ0v) is 21.4. The number of benzene rings is 1. The zero-order valence-electron chi connectivity index (χ0n) is 20.6. The number of nitrogens with zero attached hydrogens (tertiary/aromatic N) is 1. The van der Waals surface area contributed by atoms with Crippen LogP contribution in [0, 0.1) is 11.8 Å². The van der Waals surface area contributed by atoms with Crippen molar-refractivity contribution in [1.29, 1.82) is 0 Å². The van der Waals surface area contributed by atoms with Crippen LogP contribution in [-0.4, -0.2) is 56.8 Å². The summed E-state index contributed by atoms with van der Waals surface area (Å²) in [5.41, 5.74) is 2.05. The minimum Gasteiger partial charge on any atom is -0.378 e. The van der Waals surface area contributed by atoms with E-state index >= 15 is 0 Å². The number of methoxy groups -OCH3 is 1. The van der Waals surface area contributed by atoms with Crippen molar-refractivity contribution in [2.75, 3.05) is 26.7 Å². The third-order valence-corrected chi connectivity index (χ3v) is 11.7. The van der Waals surface area contributed by atoms with Crippen LogP contribution in [0.25, 0.3) is 0 Å². The van der Waals surface area contributed by atoms with E-state index in [9.17, 15) is 17.2 Å². The molecule has 34 heavy (non-hydrogen) atoms. The lowest BCUT2D eigenvalue weighted by atomic mass is 9.79. The van der Waals surface area contributed by atoms with Gasteiger partial charge in [0.1, 0.15) is 0 Å². The Bertz CT molecular complexity index is 985. The molecule has 0 N–H and O–H groups in total. The first-order chi connectivity index (χ1) is 16.1. The summed E-state index contributed by atoms with van der Waals surface area (Å²) in [6.07, 6.45) is 5.33. The van der Waals surface area contributed by atoms with Crippen molar-refractivity contribution in [3.8, 4) is 0 Å². The predicted octanol–water partition coefficient (Wildman–Crippen LogP) is 5.35. The van der Waals surface area contributed by atoms with Crippen LogP contribution < -0.4 is 0 Å². The third kappa shape index (κ3) is 4.57. The first-order valence-electron chi connectivity index (χ1n) is 13.1. The Balaban J connectivity index is 1.16. The molecule has 3 aliphatic carbocycles. The van der Waals surface area contributed by atoms with Gasteiger partial charge in [-0.15, -0.1) is 0 Å². The highest BCUT2D eigenvalue weighted by Gasteiger charge is 2.67. The van der Waals surface area contributed by atoms with Crippen molar-refractivity contribution < 1.29 is 21.9 Å². The topological polar surface area (TPSA) is 46.6 Å². The van der Waals surface area contributed by atoms with Crippen LogP contribution in [0.4, 0.5) is 8.78 Å². The molecule has 1 aromatic carbocycles. The molecule has 4 fully saturated rings. The Hall–Kier alpha value is -1.05. The van der Waals surface area contributed by atoms with E-state index in [1.165, 1.54) is 5.56 Å². The Morgan fingerprint density at radius 3 is 2.35 bits per heavy atom. The highest BCUT2D eigenvalue weighted by atomic mass is 32.2. The van der Waals surface area contributed by atoms with Gasteiger partial charge in [-0.3, -0.25) is 0 Å². The number of rotatable bonds is 10. The summed E-state index contributed by atoms with van der Waals surface area (Å²) in [7, 11) is -1.33. The van der Waals surface area contributed by atoms with Crippen LogP contribution in [0.1, 0.15) is 75.8 Å². The summed E-state index contributed by atoms with van der Waals surface area (Å²) in [6.45, 7) is 5.40. The molecule has 1 aromatic rings. The van der Waals surface area contributed by atoms with E-state index in [4.69, 9.17) is 4.74 Å². The Morgan fingerprint density at radius 1 is 1.09 bits per heavy atom. The minimum absolute atomic E-state index is 0.0608. The number of hydrogen-bond acceptors (Lipinski definition) is 4. The summed E-state index contributed by atoms with van der Waals surface area (Å²) in [4.78, 5) is 2.53. The number of fused-ring (bicyclic) bond motifs is 1. The Morgan fingerprint density at radius 2 is 1.76 bits per heavy atom. The average Bonchev–Trinajstić information content (AvgIpc) is 3.71. The second-order valence-corrected chi connectivity index (χ2v) is 13.7. The molecule has 4 nitrogen and oxygen atoms in total. The lowest BCUT2D eigenvalue weighted by Crippen LogP contribution is -2.41. The van der Waals surface area contributed by atoms with Gasteiger partial charge in [-0.1, -0.05) is 31.2 Å². The quantitative estimate of drug-likeness (QED) is 0.439. The maximum atomic E-state index is 13.6. The third-order valence-electron chi connectivity index (χ3n) is 9.49. The van der Waals surface area contributed by atoms with Crippen molar-refractivity contribution in [3.05, 3.63) is 35.4 Å². The number of piperidine rings is 1. The molecule has 0 radical (unpaired) electrons. The summed E-state index contributed by atoms with van der Waals surface area (Å²) >= 11 is 0. The van der Waals surface area contributed by atoms with E-state index in [-0.39, 0.29) is 34.9 Å². The first-order valence-corrected chi connectivity index (χ1v) is 14.8. The standard InChI is InChI=1S/C27H39F2NO3S/c1-3-27(21-7-4-6-20(16-21)19-34(31,32)22-8-9-22)23-17-30(18-24(23)27)15-5-10-25(33-2)11-13-26(28,29)14-12-25/h4,6-7,16,22-24H,3,5,8-15,17-19H2,1-2H3/t23-,24+,27?. The number of ether oxygens (including phenoxy) is 1. The molecule has 0 amide bonds. The van der Waals surface area contributed by atoms with Crippen LogP contribution in [0.5, 0.6) is 0 Å². The van der Waals surface area contributed by atoms with E-state index in [1.54, 1.807) is 7.11 Å². The number of sulfone groups is 1.